The molecule has 11 nitrogen and oxygen atoms in total. The van der Waals surface area contributed by atoms with Crippen molar-refractivity contribution < 1.29 is 41.1 Å². The molecule has 0 aliphatic rings. The Labute approximate surface area is 185 Å². The molecule has 174 valence electrons. The van der Waals surface area contributed by atoms with E-state index in [4.69, 9.17) is 14.7 Å². The van der Waals surface area contributed by atoms with Crippen molar-refractivity contribution in [2.45, 2.75) is 16.7 Å². The van der Waals surface area contributed by atoms with E-state index in [1.807, 2.05) is 0 Å². The van der Waals surface area contributed by atoms with Crippen LogP contribution in [0.4, 0.5) is 0 Å². The van der Waals surface area contributed by atoms with Crippen molar-refractivity contribution >= 4 is 31.7 Å². The molecule has 32 heavy (non-hydrogen) atoms. The first kappa shape index (κ1) is 25.3. The highest BCUT2D eigenvalue weighted by Crippen LogP contribution is 2.25. The summed E-state index contributed by atoms with van der Waals surface area (Å²) in [6.45, 7) is 0.0395. The topological polar surface area (TPSA) is 156 Å². The average molecular weight is 487 g/mol. The van der Waals surface area contributed by atoms with Crippen LogP contribution in [0.1, 0.15) is 6.92 Å². The van der Waals surface area contributed by atoms with Crippen LogP contribution in [-0.4, -0.2) is 64.2 Å². The zero-order valence-electron chi connectivity index (χ0n) is 17.2. The second kappa shape index (κ2) is 10.5. The second-order valence-corrected chi connectivity index (χ2v) is 10.4. The van der Waals surface area contributed by atoms with Crippen LogP contribution in [0, 0.1) is 0 Å². The highest BCUT2D eigenvalue weighted by molar-refractivity contribution is 7.90. The lowest BCUT2D eigenvalue weighted by Crippen LogP contribution is -2.42. The maximum Gasteiger partial charge on any atom is 0.321 e. The lowest BCUT2D eigenvalue weighted by atomic mass is 10.3. The first-order valence-electron chi connectivity index (χ1n) is 9.14. The SMILES string of the molecule is CCOC(=O)CN(CC(=O)NO)S(=O)(=O)c1ccc(Oc2ccc(S(C)(=O)=O)cc2)cc1. The minimum absolute atomic E-state index is 0.0239. The van der Waals surface area contributed by atoms with Gasteiger partial charge in [0.2, 0.25) is 10.0 Å². The minimum Gasteiger partial charge on any atom is -0.465 e. The normalized spacial score (nSPS) is 11.8. The van der Waals surface area contributed by atoms with Crippen molar-refractivity contribution in [3.8, 4) is 11.5 Å². The molecule has 0 unspecified atom stereocenters. The zero-order chi connectivity index (χ0) is 23.9. The van der Waals surface area contributed by atoms with Crippen LogP contribution in [-0.2, 0) is 34.2 Å². The molecule has 2 rings (SSSR count). The number of amides is 1. The van der Waals surface area contributed by atoms with Gasteiger partial charge in [0.25, 0.3) is 5.91 Å². The molecule has 0 atom stereocenters. The lowest BCUT2D eigenvalue weighted by molar-refractivity contribution is -0.143. The smallest absolute Gasteiger partial charge is 0.321 e. The summed E-state index contributed by atoms with van der Waals surface area (Å²) in [7, 11) is -7.64. The summed E-state index contributed by atoms with van der Waals surface area (Å²) in [6.07, 6.45) is 1.08. The Hall–Kier alpha value is -3.00. The van der Waals surface area contributed by atoms with Crippen molar-refractivity contribution in [1.82, 2.24) is 9.79 Å². The monoisotopic (exact) mass is 486 g/mol. The van der Waals surface area contributed by atoms with Crippen LogP contribution >= 0.6 is 0 Å². The highest BCUT2D eigenvalue weighted by atomic mass is 32.2. The third-order valence-corrected chi connectivity index (χ3v) is 6.94. The van der Waals surface area contributed by atoms with E-state index in [0.29, 0.717) is 10.1 Å². The fourth-order valence-corrected chi connectivity index (χ4v) is 4.46. The number of nitrogens with zero attached hydrogens (tertiary/aromatic N) is 1. The minimum atomic E-state index is -4.29. The van der Waals surface area contributed by atoms with Crippen LogP contribution in [0.2, 0.25) is 0 Å². The van der Waals surface area contributed by atoms with Crippen LogP contribution in [0.25, 0.3) is 0 Å². The van der Waals surface area contributed by atoms with E-state index in [-0.39, 0.29) is 22.1 Å². The molecule has 2 aromatic rings. The van der Waals surface area contributed by atoms with E-state index in [2.05, 4.69) is 0 Å². The lowest BCUT2D eigenvalue weighted by Gasteiger charge is -2.20. The van der Waals surface area contributed by atoms with Crippen molar-refractivity contribution in [2.24, 2.45) is 0 Å². The van der Waals surface area contributed by atoms with E-state index in [1.54, 1.807) is 6.92 Å². The van der Waals surface area contributed by atoms with Gasteiger partial charge in [-0.05, 0) is 55.5 Å². The Morgan fingerprint density at radius 2 is 1.41 bits per heavy atom. The van der Waals surface area contributed by atoms with E-state index >= 15 is 0 Å². The largest absolute Gasteiger partial charge is 0.465 e. The molecule has 0 radical (unpaired) electrons. The van der Waals surface area contributed by atoms with Crippen LogP contribution in [0.3, 0.4) is 0 Å². The molecule has 0 fully saturated rings. The summed E-state index contributed by atoms with van der Waals surface area (Å²) in [5, 5.41) is 8.71. The molecule has 0 saturated heterocycles. The maximum absolute atomic E-state index is 12.9. The number of hydroxylamine groups is 1. The van der Waals surface area contributed by atoms with E-state index in [0.717, 1.165) is 6.26 Å². The van der Waals surface area contributed by atoms with Gasteiger partial charge in [0.05, 0.1) is 22.9 Å². The molecule has 0 spiro atoms. The Morgan fingerprint density at radius 3 is 1.84 bits per heavy atom. The number of rotatable bonds is 10. The van der Waals surface area contributed by atoms with E-state index in [1.165, 1.54) is 54.0 Å². The first-order valence-corrected chi connectivity index (χ1v) is 12.5. The summed E-state index contributed by atoms with van der Waals surface area (Å²) in [5.74, 6) is -1.30. The number of carbonyl (C=O) groups excluding carboxylic acids is 2. The van der Waals surface area contributed by atoms with Crippen molar-refractivity contribution in [1.29, 1.82) is 0 Å². The van der Waals surface area contributed by atoms with Gasteiger partial charge in [0.1, 0.15) is 18.0 Å². The number of esters is 1. The molecule has 0 saturated carbocycles. The van der Waals surface area contributed by atoms with E-state index in [9.17, 15) is 26.4 Å². The number of sulfonamides is 1. The van der Waals surface area contributed by atoms with Gasteiger partial charge in [-0.1, -0.05) is 0 Å². The third kappa shape index (κ3) is 6.75. The standard InChI is InChI=1S/C19H22N2O9S2/c1-3-29-19(23)13-21(12-18(22)20-24)32(27,28)17-10-6-15(7-11-17)30-14-4-8-16(9-5-14)31(2,25)26/h4-11,24H,3,12-13H2,1-2H3,(H,20,22). The number of hydrogen-bond acceptors (Lipinski definition) is 9. The molecule has 1 amide bonds. The molecule has 0 aliphatic carbocycles. The second-order valence-electron chi connectivity index (χ2n) is 6.43. The molecule has 0 aliphatic heterocycles. The summed E-state index contributed by atoms with van der Waals surface area (Å²) in [4.78, 5) is 23.2. The number of carbonyl (C=O) groups is 2. The van der Waals surface area contributed by atoms with Crippen molar-refractivity contribution in [3.05, 3.63) is 48.5 Å². The Balaban J connectivity index is 2.22. The number of ether oxygens (including phenoxy) is 2. The third-order valence-electron chi connectivity index (χ3n) is 4.00. The van der Waals surface area contributed by atoms with Crippen LogP contribution < -0.4 is 10.2 Å². The predicted octanol–water partition coefficient (Wildman–Crippen LogP) is 0.942. The fourth-order valence-electron chi connectivity index (χ4n) is 2.49. The van der Waals surface area contributed by atoms with Crippen molar-refractivity contribution in [2.75, 3.05) is 26.0 Å². The Morgan fingerprint density at radius 1 is 0.906 bits per heavy atom. The van der Waals surface area contributed by atoms with Crippen LogP contribution in [0.5, 0.6) is 11.5 Å². The molecule has 0 heterocycles. The number of sulfone groups is 1. The molecular formula is C19H22N2O9S2. The average Bonchev–Trinajstić information content (AvgIpc) is 2.73. The molecule has 13 heteroatoms. The summed E-state index contributed by atoms with van der Waals surface area (Å²) >= 11 is 0. The molecule has 0 aromatic heterocycles. The van der Waals surface area contributed by atoms with Gasteiger partial charge in [-0.15, -0.1) is 0 Å². The van der Waals surface area contributed by atoms with Gasteiger partial charge >= 0.3 is 5.97 Å². The first-order chi connectivity index (χ1) is 15.0. The highest BCUT2D eigenvalue weighted by Gasteiger charge is 2.29. The predicted molar refractivity (Wildman–Crippen MR) is 111 cm³/mol. The Kier molecular flexibility index (Phi) is 8.32. The molecule has 2 N–H and O–H groups in total. The van der Waals surface area contributed by atoms with Crippen molar-refractivity contribution in [3.63, 3.8) is 0 Å². The van der Waals surface area contributed by atoms with Gasteiger partial charge < -0.3 is 9.47 Å². The molecule has 0 bridgehead atoms. The van der Waals surface area contributed by atoms with Gasteiger partial charge in [-0.2, -0.15) is 4.31 Å². The summed E-state index contributed by atoms with van der Waals surface area (Å²) in [5.41, 5.74) is 1.32. The number of hydrogen-bond donors (Lipinski definition) is 2. The van der Waals surface area contributed by atoms with Gasteiger partial charge in [-0.25, -0.2) is 22.3 Å². The number of nitrogens with one attached hydrogen (secondary N) is 1. The molecular weight excluding hydrogens is 464 g/mol. The fraction of sp³-hybridized carbons (Fsp3) is 0.263. The van der Waals surface area contributed by atoms with E-state index < -0.39 is 44.8 Å². The quantitative estimate of drug-likeness (QED) is 0.283. The Bertz CT molecular complexity index is 1160. The van der Waals surface area contributed by atoms with Gasteiger partial charge in [0, 0.05) is 6.26 Å². The number of benzene rings is 2. The maximum atomic E-state index is 12.9. The van der Waals surface area contributed by atoms with Gasteiger partial charge in [-0.3, -0.25) is 14.8 Å². The summed E-state index contributed by atoms with van der Waals surface area (Å²) < 4.78 is 59.7. The molecule has 2 aromatic carbocycles. The zero-order valence-corrected chi connectivity index (χ0v) is 18.9. The van der Waals surface area contributed by atoms with Crippen LogP contribution in [0.15, 0.2) is 58.3 Å². The summed E-state index contributed by atoms with van der Waals surface area (Å²) in [6, 6.07) is 10.8. The van der Waals surface area contributed by atoms with Gasteiger partial charge in [0.15, 0.2) is 9.84 Å².